The van der Waals surface area contributed by atoms with Crippen molar-refractivity contribution in [1.29, 1.82) is 0 Å². The topological polar surface area (TPSA) is 17.3 Å². The van der Waals surface area contributed by atoms with E-state index in [-0.39, 0.29) is 0 Å². The highest BCUT2D eigenvalue weighted by atomic mass is 15.0. The Bertz CT molecular complexity index is 1070. The van der Waals surface area contributed by atoms with Crippen LogP contribution >= 0.6 is 0 Å². The summed E-state index contributed by atoms with van der Waals surface area (Å²) >= 11 is 0. The third-order valence-electron chi connectivity index (χ3n) is 4.48. The number of benzene rings is 3. The molecule has 0 aliphatic rings. The highest BCUT2D eigenvalue weighted by Gasteiger charge is 2.03. The number of aliphatic imine (C=N–C) groups is 1. The summed E-state index contributed by atoms with van der Waals surface area (Å²) in [5, 5.41) is 2.50. The van der Waals surface area contributed by atoms with Crippen LogP contribution < -0.4 is 0 Å². The van der Waals surface area contributed by atoms with Crippen LogP contribution in [0.2, 0.25) is 0 Å². The van der Waals surface area contributed by atoms with E-state index >= 15 is 0 Å². The number of fused-ring (bicyclic) bond motifs is 1. The van der Waals surface area contributed by atoms with E-state index in [0.717, 1.165) is 17.1 Å². The van der Waals surface area contributed by atoms with Crippen molar-refractivity contribution in [3.63, 3.8) is 0 Å². The maximum Gasteiger partial charge on any atom is 0.0659 e. The molecule has 0 spiro atoms. The van der Waals surface area contributed by atoms with Gasteiger partial charge in [-0.1, -0.05) is 48.0 Å². The first-order valence-corrected chi connectivity index (χ1v) is 8.48. The van der Waals surface area contributed by atoms with Crippen molar-refractivity contribution in [2.75, 3.05) is 0 Å². The van der Waals surface area contributed by atoms with Crippen molar-refractivity contribution in [2.45, 2.75) is 13.8 Å². The Kier molecular flexibility index (Phi) is 3.95. The van der Waals surface area contributed by atoms with E-state index in [0.29, 0.717) is 0 Å². The zero-order chi connectivity index (χ0) is 17.2. The highest BCUT2D eigenvalue weighted by molar-refractivity contribution is 5.86. The molecule has 2 heteroatoms. The van der Waals surface area contributed by atoms with E-state index < -0.39 is 0 Å². The zero-order valence-electron chi connectivity index (χ0n) is 14.5. The van der Waals surface area contributed by atoms with Gasteiger partial charge in [-0.3, -0.25) is 4.99 Å². The van der Waals surface area contributed by atoms with Gasteiger partial charge in [-0.15, -0.1) is 0 Å². The lowest BCUT2D eigenvalue weighted by Gasteiger charge is -2.08. The molecular weight excluding hydrogens is 304 g/mol. The summed E-state index contributed by atoms with van der Waals surface area (Å²) in [7, 11) is 0. The minimum Gasteiger partial charge on any atom is -0.316 e. The second-order valence-electron chi connectivity index (χ2n) is 6.38. The van der Waals surface area contributed by atoms with Crippen LogP contribution in [0.5, 0.6) is 0 Å². The second kappa shape index (κ2) is 6.40. The van der Waals surface area contributed by atoms with E-state index in [1.807, 2.05) is 6.21 Å². The van der Waals surface area contributed by atoms with Gasteiger partial charge >= 0.3 is 0 Å². The fourth-order valence-electron chi connectivity index (χ4n) is 3.15. The van der Waals surface area contributed by atoms with E-state index in [2.05, 4.69) is 97.4 Å². The Morgan fingerprint density at radius 2 is 1.64 bits per heavy atom. The summed E-state index contributed by atoms with van der Waals surface area (Å²) in [4.78, 5) is 4.69. The average Bonchev–Trinajstić information content (AvgIpc) is 3.09. The molecule has 0 radical (unpaired) electrons. The molecule has 0 bridgehead atoms. The number of aromatic nitrogens is 1. The summed E-state index contributed by atoms with van der Waals surface area (Å²) in [5.74, 6) is 0. The van der Waals surface area contributed by atoms with Crippen LogP contribution in [0.4, 0.5) is 5.69 Å². The number of nitrogens with zero attached hydrogens (tertiary/aromatic N) is 2. The first-order valence-electron chi connectivity index (χ1n) is 8.48. The van der Waals surface area contributed by atoms with Gasteiger partial charge in [-0.05, 0) is 60.5 Å². The molecule has 1 aromatic heterocycles. The molecule has 0 fully saturated rings. The molecule has 0 aliphatic carbocycles. The first-order chi connectivity index (χ1) is 12.2. The molecule has 4 rings (SSSR count). The second-order valence-corrected chi connectivity index (χ2v) is 6.38. The number of rotatable bonds is 3. The van der Waals surface area contributed by atoms with Gasteiger partial charge in [0.15, 0.2) is 0 Å². The number of aryl methyl sites for hydroxylation is 2. The van der Waals surface area contributed by atoms with Crippen molar-refractivity contribution in [3.8, 4) is 5.69 Å². The molecule has 25 heavy (non-hydrogen) atoms. The predicted molar refractivity (Wildman–Crippen MR) is 106 cm³/mol. The summed E-state index contributed by atoms with van der Waals surface area (Å²) in [5.41, 5.74) is 5.67. The highest BCUT2D eigenvalue weighted by Crippen LogP contribution is 2.22. The molecule has 4 aromatic rings. The Morgan fingerprint density at radius 3 is 2.48 bits per heavy atom. The van der Waals surface area contributed by atoms with E-state index in [4.69, 9.17) is 4.99 Å². The van der Waals surface area contributed by atoms with Gasteiger partial charge in [0.1, 0.15) is 0 Å². The molecule has 0 unspecified atom stereocenters. The Morgan fingerprint density at radius 1 is 0.800 bits per heavy atom. The standard InChI is InChI=1S/C23H20N2/c1-17-9-12-23(18(2)14-17)24-16-22-8-5-13-25(22)21-11-10-19-6-3-4-7-20(19)15-21/h3-16H,1-2H3. The van der Waals surface area contributed by atoms with Crippen molar-refractivity contribution in [1.82, 2.24) is 4.57 Å². The van der Waals surface area contributed by atoms with E-state index in [1.165, 1.54) is 21.9 Å². The van der Waals surface area contributed by atoms with Crippen LogP contribution in [0, 0.1) is 13.8 Å². The van der Waals surface area contributed by atoms with Crippen LogP contribution in [0.25, 0.3) is 16.5 Å². The van der Waals surface area contributed by atoms with Gasteiger partial charge in [-0.25, -0.2) is 0 Å². The van der Waals surface area contributed by atoms with Gasteiger partial charge in [0.25, 0.3) is 0 Å². The van der Waals surface area contributed by atoms with Crippen molar-refractivity contribution >= 4 is 22.7 Å². The van der Waals surface area contributed by atoms with E-state index in [1.54, 1.807) is 0 Å². The molecular formula is C23H20N2. The smallest absolute Gasteiger partial charge is 0.0659 e. The third-order valence-corrected chi connectivity index (χ3v) is 4.48. The molecule has 0 N–H and O–H groups in total. The maximum absolute atomic E-state index is 4.69. The summed E-state index contributed by atoms with van der Waals surface area (Å²) in [6.45, 7) is 4.20. The molecule has 2 nitrogen and oxygen atoms in total. The average molecular weight is 324 g/mol. The quantitative estimate of drug-likeness (QED) is 0.411. The van der Waals surface area contributed by atoms with Gasteiger partial charge in [-0.2, -0.15) is 0 Å². The lowest BCUT2D eigenvalue weighted by Crippen LogP contribution is -1.97. The fraction of sp³-hybridized carbons (Fsp3) is 0.0870. The molecule has 122 valence electrons. The molecule has 0 saturated heterocycles. The van der Waals surface area contributed by atoms with Crippen molar-refractivity contribution in [2.24, 2.45) is 4.99 Å². The largest absolute Gasteiger partial charge is 0.316 e. The van der Waals surface area contributed by atoms with Gasteiger partial charge < -0.3 is 4.57 Å². The predicted octanol–water partition coefficient (Wildman–Crippen LogP) is 6.00. The normalized spacial score (nSPS) is 11.4. The van der Waals surface area contributed by atoms with Crippen molar-refractivity contribution in [3.05, 3.63) is 95.8 Å². The molecule has 3 aromatic carbocycles. The molecule has 0 atom stereocenters. The fourth-order valence-corrected chi connectivity index (χ4v) is 3.15. The van der Waals surface area contributed by atoms with Gasteiger partial charge in [0.2, 0.25) is 0 Å². The molecule has 0 saturated carbocycles. The lowest BCUT2D eigenvalue weighted by atomic mass is 10.1. The van der Waals surface area contributed by atoms with Crippen LogP contribution in [-0.2, 0) is 0 Å². The maximum atomic E-state index is 4.69. The van der Waals surface area contributed by atoms with Crippen LogP contribution in [0.15, 0.2) is 84.0 Å². The summed E-state index contributed by atoms with van der Waals surface area (Å²) in [6.07, 6.45) is 4.01. The van der Waals surface area contributed by atoms with Crippen LogP contribution in [0.3, 0.4) is 0 Å². The van der Waals surface area contributed by atoms with Gasteiger partial charge in [0.05, 0.1) is 17.6 Å². The third kappa shape index (κ3) is 3.11. The Balaban J connectivity index is 1.71. The zero-order valence-corrected chi connectivity index (χ0v) is 14.5. The Hall–Kier alpha value is -3.13. The minimum absolute atomic E-state index is 1.01. The first kappa shape index (κ1) is 15.4. The number of hydrogen-bond donors (Lipinski definition) is 0. The number of hydrogen-bond acceptors (Lipinski definition) is 1. The van der Waals surface area contributed by atoms with Crippen LogP contribution in [0.1, 0.15) is 16.8 Å². The SMILES string of the molecule is Cc1ccc(N=Cc2cccn2-c2ccc3ccccc3c2)c(C)c1. The van der Waals surface area contributed by atoms with Crippen molar-refractivity contribution < 1.29 is 0 Å². The Labute approximate surface area is 148 Å². The monoisotopic (exact) mass is 324 g/mol. The molecule has 0 aliphatic heterocycles. The minimum atomic E-state index is 1.01. The van der Waals surface area contributed by atoms with E-state index in [9.17, 15) is 0 Å². The van der Waals surface area contributed by atoms with Crippen LogP contribution in [-0.4, -0.2) is 10.8 Å². The lowest BCUT2D eigenvalue weighted by molar-refractivity contribution is 1.07. The molecule has 0 amide bonds. The summed E-state index contributed by atoms with van der Waals surface area (Å²) < 4.78 is 2.17. The summed E-state index contributed by atoms with van der Waals surface area (Å²) in [6, 6.07) is 25.4. The molecule has 1 heterocycles. The van der Waals surface area contributed by atoms with Gasteiger partial charge in [0, 0.05) is 11.9 Å².